The van der Waals surface area contributed by atoms with Gasteiger partial charge in [-0.15, -0.1) is 0 Å². The summed E-state index contributed by atoms with van der Waals surface area (Å²) in [7, 11) is 0. The van der Waals surface area contributed by atoms with Gasteiger partial charge in [0.1, 0.15) is 0 Å². The average molecular weight is 232 g/mol. The highest BCUT2D eigenvalue weighted by Gasteiger charge is 2.24. The van der Waals surface area contributed by atoms with Gasteiger partial charge in [0.05, 0.1) is 0 Å². The summed E-state index contributed by atoms with van der Waals surface area (Å²) >= 11 is 0. The van der Waals surface area contributed by atoms with E-state index in [1.807, 2.05) is 0 Å². The lowest BCUT2D eigenvalue weighted by Crippen LogP contribution is -2.53. The van der Waals surface area contributed by atoms with E-state index in [4.69, 9.17) is 0 Å². The van der Waals surface area contributed by atoms with Crippen molar-refractivity contribution in [3.63, 3.8) is 0 Å². The molecule has 1 atom stereocenters. The van der Waals surface area contributed by atoms with E-state index in [1.54, 1.807) is 0 Å². The van der Waals surface area contributed by atoms with E-state index in [2.05, 4.69) is 60.9 Å². The molecule has 0 aromatic heterocycles. The summed E-state index contributed by atoms with van der Waals surface area (Å²) in [6, 6.07) is 12.1. The molecule has 1 unspecified atom stereocenters. The molecule has 1 aliphatic rings. The van der Waals surface area contributed by atoms with Crippen molar-refractivity contribution in [2.45, 2.75) is 39.4 Å². The molecule has 0 aliphatic carbocycles. The molecule has 2 rings (SSSR count). The third-order valence-electron chi connectivity index (χ3n) is 3.76. The molecule has 1 heterocycles. The van der Waals surface area contributed by atoms with E-state index >= 15 is 0 Å². The molecule has 0 N–H and O–H groups in total. The zero-order chi connectivity index (χ0) is 12.3. The molecule has 1 aliphatic heterocycles. The molecule has 0 bridgehead atoms. The van der Waals surface area contributed by atoms with Crippen LogP contribution in [0, 0.1) is 0 Å². The Kier molecular flexibility index (Phi) is 4.19. The second-order valence-corrected chi connectivity index (χ2v) is 5.39. The van der Waals surface area contributed by atoms with Crippen LogP contribution in [0.15, 0.2) is 30.3 Å². The minimum absolute atomic E-state index is 0.659. The van der Waals surface area contributed by atoms with Gasteiger partial charge in [-0.05, 0) is 26.3 Å². The van der Waals surface area contributed by atoms with Crippen LogP contribution in [0.3, 0.4) is 0 Å². The van der Waals surface area contributed by atoms with Gasteiger partial charge in [0.2, 0.25) is 0 Å². The van der Waals surface area contributed by atoms with Gasteiger partial charge in [-0.3, -0.25) is 9.80 Å². The maximum atomic E-state index is 2.59. The van der Waals surface area contributed by atoms with E-state index in [0.717, 1.165) is 6.54 Å². The monoisotopic (exact) mass is 232 g/mol. The molecule has 0 amide bonds. The number of hydrogen-bond donors (Lipinski definition) is 0. The lowest BCUT2D eigenvalue weighted by molar-refractivity contribution is 0.0597. The minimum atomic E-state index is 0.659. The van der Waals surface area contributed by atoms with Crippen LogP contribution in [0.4, 0.5) is 0 Å². The Morgan fingerprint density at radius 3 is 2.47 bits per heavy atom. The van der Waals surface area contributed by atoms with Gasteiger partial charge >= 0.3 is 0 Å². The van der Waals surface area contributed by atoms with E-state index in [0.29, 0.717) is 12.1 Å². The first-order chi connectivity index (χ1) is 8.16. The Hall–Kier alpha value is -0.860. The van der Waals surface area contributed by atoms with Crippen LogP contribution in [0.1, 0.15) is 26.3 Å². The van der Waals surface area contributed by atoms with Crippen molar-refractivity contribution in [3.05, 3.63) is 35.9 Å². The number of benzene rings is 1. The molecule has 0 saturated carbocycles. The summed E-state index contributed by atoms with van der Waals surface area (Å²) < 4.78 is 0. The van der Waals surface area contributed by atoms with Crippen LogP contribution in [-0.2, 0) is 6.54 Å². The second-order valence-electron chi connectivity index (χ2n) is 5.39. The Morgan fingerprint density at radius 2 is 1.88 bits per heavy atom. The Labute approximate surface area is 105 Å². The van der Waals surface area contributed by atoms with Gasteiger partial charge in [-0.2, -0.15) is 0 Å². The van der Waals surface area contributed by atoms with Crippen molar-refractivity contribution in [2.24, 2.45) is 0 Å². The highest BCUT2D eigenvalue weighted by atomic mass is 15.3. The Balaban J connectivity index is 1.92. The first-order valence-corrected chi connectivity index (χ1v) is 6.69. The van der Waals surface area contributed by atoms with E-state index in [1.165, 1.54) is 25.2 Å². The minimum Gasteiger partial charge on any atom is -0.298 e. The number of hydrogen-bond acceptors (Lipinski definition) is 2. The fraction of sp³-hybridized carbons (Fsp3) is 0.600. The molecule has 1 aromatic rings. The van der Waals surface area contributed by atoms with Crippen LogP contribution in [0.5, 0.6) is 0 Å². The third-order valence-corrected chi connectivity index (χ3v) is 3.76. The summed E-state index contributed by atoms with van der Waals surface area (Å²) in [5, 5.41) is 0. The van der Waals surface area contributed by atoms with Crippen LogP contribution in [0.25, 0.3) is 0 Å². The normalized spacial score (nSPS) is 23.2. The molecule has 2 heteroatoms. The largest absolute Gasteiger partial charge is 0.298 e. The van der Waals surface area contributed by atoms with Crippen LogP contribution < -0.4 is 0 Å². The summed E-state index contributed by atoms with van der Waals surface area (Å²) in [4.78, 5) is 5.17. The fourth-order valence-corrected chi connectivity index (χ4v) is 2.55. The molecule has 1 saturated heterocycles. The summed E-state index contributed by atoms with van der Waals surface area (Å²) in [5.74, 6) is 0. The smallest absolute Gasteiger partial charge is 0.0237 e. The molecule has 0 spiro atoms. The Morgan fingerprint density at radius 1 is 1.18 bits per heavy atom. The first kappa shape index (κ1) is 12.6. The van der Waals surface area contributed by atoms with Crippen LogP contribution in [0.2, 0.25) is 0 Å². The zero-order valence-electron chi connectivity index (χ0n) is 11.3. The standard InChI is InChI=1S/C15H24N2/c1-13(2)16-9-10-17(14(3)11-16)12-15-7-5-4-6-8-15/h4-8,13-14H,9-12H2,1-3H3. The second kappa shape index (κ2) is 5.65. The van der Waals surface area contributed by atoms with Gasteiger partial charge in [-0.1, -0.05) is 30.3 Å². The maximum Gasteiger partial charge on any atom is 0.0237 e. The van der Waals surface area contributed by atoms with E-state index < -0.39 is 0 Å². The highest BCUT2D eigenvalue weighted by molar-refractivity contribution is 5.14. The van der Waals surface area contributed by atoms with E-state index in [-0.39, 0.29) is 0 Å². The van der Waals surface area contributed by atoms with Crippen molar-refractivity contribution in [2.75, 3.05) is 19.6 Å². The number of rotatable bonds is 3. The van der Waals surface area contributed by atoms with Crippen molar-refractivity contribution >= 4 is 0 Å². The molecule has 17 heavy (non-hydrogen) atoms. The lowest BCUT2D eigenvalue weighted by Gasteiger charge is -2.41. The van der Waals surface area contributed by atoms with E-state index in [9.17, 15) is 0 Å². The zero-order valence-corrected chi connectivity index (χ0v) is 11.3. The van der Waals surface area contributed by atoms with Gasteiger partial charge in [0.15, 0.2) is 0 Å². The van der Waals surface area contributed by atoms with Crippen molar-refractivity contribution in [1.82, 2.24) is 9.80 Å². The molecular weight excluding hydrogens is 208 g/mol. The molecule has 0 radical (unpaired) electrons. The predicted octanol–water partition coefficient (Wildman–Crippen LogP) is 2.60. The predicted molar refractivity (Wildman–Crippen MR) is 73.0 cm³/mol. The lowest BCUT2D eigenvalue weighted by atomic mass is 10.1. The third kappa shape index (κ3) is 3.30. The summed E-state index contributed by atoms with van der Waals surface area (Å²) in [6.45, 7) is 11.6. The van der Waals surface area contributed by atoms with Crippen molar-refractivity contribution < 1.29 is 0 Å². The Bertz CT molecular complexity index is 334. The van der Waals surface area contributed by atoms with Crippen LogP contribution >= 0.6 is 0 Å². The SMILES string of the molecule is CC(C)N1CCN(Cc2ccccc2)C(C)C1. The van der Waals surface area contributed by atoms with Crippen molar-refractivity contribution in [1.29, 1.82) is 0 Å². The summed E-state index contributed by atoms with van der Waals surface area (Å²) in [5.41, 5.74) is 1.43. The maximum absolute atomic E-state index is 2.59. The van der Waals surface area contributed by atoms with Gasteiger partial charge in [0, 0.05) is 38.3 Å². The van der Waals surface area contributed by atoms with Crippen molar-refractivity contribution in [3.8, 4) is 0 Å². The quantitative estimate of drug-likeness (QED) is 0.790. The highest BCUT2D eigenvalue weighted by Crippen LogP contribution is 2.15. The number of piperazine rings is 1. The topological polar surface area (TPSA) is 6.48 Å². The van der Waals surface area contributed by atoms with Gasteiger partial charge in [0.25, 0.3) is 0 Å². The number of nitrogens with zero attached hydrogens (tertiary/aromatic N) is 2. The summed E-state index contributed by atoms with van der Waals surface area (Å²) in [6.07, 6.45) is 0. The van der Waals surface area contributed by atoms with Gasteiger partial charge in [-0.25, -0.2) is 0 Å². The molecular formula is C15H24N2. The average Bonchev–Trinajstić information content (AvgIpc) is 2.33. The molecule has 1 fully saturated rings. The molecule has 2 nitrogen and oxygen atoms in total. The van der Waals surface area contributed by atoms with Crippen LogP contribution in [-0.4, -0.2) is 41.5 Å². The fourth-order valence-electron chi connectivity index (χ4n) is 2.55. The molecule has 1 aromatic carbocycles. The van der Waals surface area contributed by atoms with Gasteiger partial charge < -0.3 is 0 Å². The molecule has 94 valence electrons. The first-order valence-electron chi connectivity index (χ1n) is 6.69.